The second kappa shape index (κ2) is 5.83. The maximum atomic E-state index is 12.9. The molecule has 0 fully saturated rings. The summed E-state index contributed by atoms with van der Waals surface area (Å²) in [5.41, 5.74) is 7.63. The predicted molar refractivity (Wildman–Crippen MR) is 61.1 cm³/mol. The van der Waals surface area contributed by atoms with Crippen molar-refractivity contribution in [1.82, 2.24) is 4.90 Å². The van der Waals surface area contributed by atoms with Crippen LogP contribution in [0.3, 0.4) is 0 Å². The summed E-state index contributed by atoms with van der Waals surface area (Å²) in [4.78, 5) is 2.20. The molecule has 0 bridgehead atoms. The molecule has 1 aromatic rings. The predicted octanol–water partition coefficient (Wildman–Crippen LogP) is 1.91. The molecule has 0 atom stereocenters. The van der Waals surface area contributed by atoms with Gasteiger partial charge in [-0.15, -0.1) is 0 Å². The highest BCUT2D eigenvalue weighted by Crippen LogP contribution is 2.12. The Kier molecular flexibility index (Phi) is 4.72. The summed E-state index contributed by atoms with van der Waals surface area (Å²) in [5, 5.41) is 0. The third-order valence-corrected chi connectivity index (χ3v) is 2.49. The van der Waals surface area contributed by atoms with Gasteiger partial charge in [0.15, 0.2) is 0 Å². The Morgan fingerprint density at radius 3 is 2.73 bits per heavy atom. The van der Waals surface area contributed by atoms with Crippen LogP contribution in [-0.4, -0.2) is 25.0 Å². The van der Waals surface area contributed by atoms with E-state index in [1.54, 1.807) is 6.07 Å². The molecule has 0 spiro atoms. The molecular weight excluding hydrogens is 191 g/mol. The van der Waals surface area contributed by atoms with E-state index in [2.05, 4.69) is 11.9 Å². The molecule has 0 aliphatic rings. The van der Waals surface area contributed by atoms with Gasteiger partial charge in [-0.1, -0.05) is 6.07 Å². The number of halogens is 1. The molecule has 0 saturated carbocycles. The van der Waals surface area contributed by atoms with Crippen LogP contribution in [0.15, 0.2) is 18.2 Å². The molecular formula is C12H19FN2. The van der Waals surface area contributed by atoms with Gasteiger partial charge in [-0.05, 0) is 56.7 Å². The average molecular weight is 210 g/mol. The van der Waals surface area contributed by atoms with E-state index in [1.807, 2.05) is 13.0 Å². The molecule has 0 aromatic heterocycles. The summed E-state index contributed by atoms with van der Waals surface area (Å²) in [6.45, 7) is 4.49. The fourth-order valence-electron chi connectivity index (χ4n) is 1.57. The number of hydrogen-bond donors (Lipinski definition) is 1. The summed E-state index contributed by atoms with van der Waals surface area (Å²) in [6, 6.07) is 4.94. The van der Waals surface area contributed by atoms with Crippen molar-refractivity contribution in [2.75, 3.05) is 20.1 Å². The minimum atomic E-state index is -0.166. The van der Waals surface area contributed by atoms with Crippen molar-refractivity contribution in [2.45, 2.75) is 19.9 Å². The van der Waals surface area contributed by atoms with Crippen LogP contribution in [0.5, 0.6) is 0 Å². The largest absolute Gasteiger partial charge is 0.330 e. The first-order chi connectivity index (χ1) is 7.13. The fraction of sp³-hybridized carbons (Fsp3) is 0.500. The van der Waals surface area contributed by atoms with Gasteiger partial charge in [-0.2, -0.15) is 0 Å². The number of hydrogen-bond acceptors (Lipinski definition) is 2. The highest BCUT2D eigenvalue weighted by atomic mass is 19.1. The Morgan fingerprint density at radius 2 is 2.13 bits per heavy atom. The molecule has 0 amide bonds. The Morgan fingerprint density at radius 1 is 1.40 bits per heavy atom. The van der Waals surface area contributed by atoms with Crippen LogP contribution in [0, 0.1) is 12.7 Å². The number of rotatable bonds is 5. The lowest BCUT2D eigenvalue weighted by Crippen LogP contribution is -2.21. The zero-order valence-corrected chi connectivity index (χ0v) is 9.46. The second-order valence-corrected chi connectivity index (χ2v) is 3.95. The van der Waals surface area contributed by atoms with Crippen molar-refractivity contribution in [1.29, 1.82) is 0 Å². The van der Waals surface area contributed by atoms with Gasteiger partial charge in [0.1, 0.15) is 5.82 Å². The van der Waals surface area contributed by atoms with Gasteiger partial charge in [0, 0.05) is 6.54 Å². The Hall–Kier alpha value is -0.930. The summed E-state index contributed by atoms with van der Waals surface area (Å²) in [6.07, 6.45) is 0.997. The van der Waals surface area contributed by atoms with Crippen LogP contribution in [0.25, 0.3) is 0 Å². The molecule has 3 heteroatoms. The van der Waals surface area contributed by atoms with Crippen LogP contribution in [0.1, 0.15) is 17.5 Å². The molecule has 0 saturated heterocycles. The van der Waals surface area contributed by atoms with Gasteiger partial charge in [0.25, 0.3) is 0 Å². The van der Waals surface area contributed by atoms with Gasteiger partial charge in [0.2, 0.25) is 0 Å². The van der Waals surface area contributed by atoms with E-state index in [4.69, 9.17) is 5.73 Å². The van der Waals surface area contributed by atoms with Crippen LogP contribution in [-0.2, 0) is 6.54 Å². The van der Waals surface area contributed by atoms with E-state index >= 15 is 0 Å². The van der Waals surface area contributed by atoms with Gasteiger partial charge < -0.3 is 10.6 Å². The Balaban J connectivity index is 2.56. The van der Waals surface area contributed by atoms with E-state index in [0.29, 0.717) is 6.54 Å². The zero-order valence-electron chi connectivity index (χ0n) is 9.46. The minimum Gasteiger partial charge on any atom is -0.330 e. The lowest BCUT2D eigenvalue weighted by Gasteiger charge is -2.17. The van der Waals surface area contributed by atoms with Crippen molar-refractivity contribution in [3.63, 3.8) is 0 Å². The number of nitrogens with zero attached hydrogens (tertiary/aromatic N) is 1. The summed E-state index contributed by atoms with van der Waals surface area (Å²) < 4.78 is 12.9. The zero-order chi connectivity index (χ0) is 11.3. The standard InChI is InChI=1S/C12H19FN2/c1-10-8-12(13)5-4-11(10)9-15(2)7-3-6-14/h4-5,8H,3,6-7,9,14H2,1-2H3. The Labute approximate surface area is 90.9 Å². The highest BCUT2D eigenvalue weighted by Gasteiger charge is 2.03. The van der Waals surface area contributed by atoms with Crippen molar-refractivity contribution in [3.8, 4) is 0 Å². The van der Waals surface area contributed by atoms with E-state index in [0.717, 1.165) is 25.1 Å². The molecule has 2 nitrogen and oxygen atoms in total. The van der Waals surface area contributed by atoms with Crippen LogP contribution in [0.4, 0.5) is 4.39 Å². The summed E-state index contributed by atoms with van der Waals surface area (Å²) >= 11 is 0. The van der Waals surface area contributed by atoms with E-state index in [9.17, 15) is 4.39 Å². The van der Waals surface area contributed by atoms with Crippen LogP contribution in [0.2, 0.25) is 0 Å². The van der Waals surface area contributed by atoms with Gasteiger partial charge in [0.05, 0.1) is 0 Å². The number of nitrogens with two attached hydrogens (primary N) is 1. The third kappa shape index (κ3) is 3.98. The SMILES string of the molecule is Cc1cc(F)ccc1CN(C)CCCN. The molecule has 0 unspecified atom stereocenters. The lowest BCUT2D eigenvalue weighted by atomic mass is 10.1. The van der Waals surface area contributed by atoms with E-state index < -0.39 is 0 Å². The second-order valence-electron chi connectivity index (χ2n) is 3.95. The molecule has 1 aromatic carbocycles. The lowest BCUT2D eigenvalue weighted by molar-refractivity contribution is 0.323. The first-order valence-corrected chi connectivity index (χ1v) is 5.27. The normalized spacial score (nSPS) is 11.0. The molecule has 0 aliphatic heterocycles. The van der Waals surface area contributed by atoms with E-state index in [-0.39, 0.29) is 5.82 Å². The number of benzene rings is 1. The summed E-state index contributed by atoms with van der Waals surface area (Å²) in [7, 11) is 2.05. The minimum absolute atomic E-state index is 0.166. The first-order valence-electron chi connectivity index (χ1n) is 5.27. The summed E-state index contributed by atoms with van der Waals surface area (Å²) in [5.74, 6) is -0.166. The molecule has 15 heavy (non-hydrogen) atoms. The van der Waals surface area contributed by atoms with Gasteiger partial charge in [-0.25, -0.2) is 4.39 Å². The molecule has 2 N–H and O–H groups in total. The quantitative estimate of drug-likeness (QED) is 0.804. The van der Waals surface area contributed by atoms with Crippen molar-refractivity contribution in [2.24, 2.45) is 5.73 Å². The van der Waals surface area contributed by atoms with Crippen molar-refractivity contribution >= 4 is 0 Å². The maximum Gasteiger partial charge on any atom is 0.123 e. The number of aryl methyl sites for hydroxylation is 1. The van der Waals surface area contributed by atoms with E-state index in [1.165, 1.54) is 11.6 Å². The molecule has 0 aliphatic carbocycles. The van der Waals surface area contributed by atoms with Crippen molar-refractivity contribution < 1.29 is 4.39 Å². The van der Waals surface area contributed by atoms with Crippen LogP contribution < -0.4 is 5.73 Å². The van der Waals surface area contributed by atoms with Crippen molar-refractivity contribution in [3.05, 3.63) is 35.1 Å². The van der Waals surface area contributed by atoms with Gasteiger partial charge in [-0.3, -0.25) is 0 Å². The third-order valence-electron chi connectivity index (χ3n) is 2.49. The monoisotopic (exact) mass is 210 g/mol. The fourth-order valence-corrected chi connectivity index (χ4v) is 1.57. The van der Waals surface area contributed by atoms with Gasteiger partial charge >= 0.3 is 0 Å². The highest BCUT2D eigenvalue weighted by molar-refractivity contribution is 5.26. The molecule has 1 rings (SSSR count). The molecule has 0 heterocycles. The molecule has 84 valence electrons. The molecule has 0 radical (unpaired) electrons. The first kappa shape index (κ1) is 12.1. The topological polar surface area (TPSA) is 29.3 Å². The Bertz CT molecular complexity index is 312. The maximum absolute atomic E-state index is 12.9. The van der Waals surface area contributed by atoms with Crippen LogP contribution >= 0.6 is 0 Å². The average Bonchev–Trinajstić information content (AvgIpc) is 2.19. The smallest absolute Gasteiger partial charge is 0.123 e.